The van der Waals surface area contributed by atoms with Gasteiger partial charge in [0.15, 0.2) is 0 Å². The summed E-state index contributed by atoms with van der Waals surface area (Å²) in [5.74, 6) is 3.70. The van der Waals surface area contributed by atoms with Crippen LogP contribution in [0.5, 0.6) is 0 Å². The molecule has 3 saturated carbocycles. The van der Waals surface area contributed by atoms with Crippen molar-refractivity contribution in [3.8, 4) is 0 Å². The summed E-state index contributed by atoms with van der Waals surface area (Å²) in [7, 11) is 0. The standard InChI is InChI=1S/C27H46O/c1-18(2)10-8-11-19(3)20-15-17-27(5)24(20)21-12-6-7-13-22(21)25-23(28)14-9-16-26(25,27)4/h18-19,21-23,25,28H,6-17H2,1-5H3/t19-,21-,22-,23-,25-,26-,27-/m1/s1. The van der Waals surface area contributed by atoms with E-state index < -0.39 is 0 Å². The Bertz CT molecular complexity index is 603. The highest BCUT2D eigenvalue weighted by atomic mass is 16.3. The van der Waals surface area contributed by atoms with Crippen molar-refractivity contribution < 1.29 is 5.11 Å². The van der Waals surface area contributed by atoms with E-state index in [1.807, 2.05) is 11.1 Å². The van der Waals surface area contributed by atoms with Crippen molar-refractivity contribution in [2.45, 2.75) is 118 Å². The molecule has 4 rings (SSSR count). The number of hydrogen-bond acceptors (Lipinski definition) is 1. The second-order valence-corrected chi connectivity index (χ2v) is 12.0. The molecule has 1 nitrogen and oxygen atoms in total. The van der Waals surface area contributed by atoms with Gasteiger partial charge in [-0.3, -0.25) is 0 Å². The SMILES string of the molecule is CC(C)CCC[C@@H](C)C1=C2[C@@H]3CCCC[C@H]3[C@@H]3[C@H](O)CCC[C@@]3(C)[C@]2(C)CC1. The van der Waals surface area contributed by atoms with Gasteiger partial charge in [-0.2, -0.15) is 0 Å². The van der Waals surface area contributed by atoms with Crippen LogP contribution in [0.2, 0.25) is 0 Å². The van der Waals surface area contributed by atoms with Gasteiger partial charge in [0, 0.05) is 0 Å². The Kier molecular flexibility index (Phi) is 5.80. The van der Waals surface area contributed by atoms with E-state index >= 15 is 0 Å². The first-order chi connectivity index (χ1) is 13.3. The van der Waals surface area contributed by atoms with Crippen molar-refractivity contribution in [3.05, 3.63) is 11.1 Å². The molecule has 0 heterocycles. The Morgan fingerprint density at radius 1 is 0.964 bits per heavy atom. The molecule has 0 aromatic heterocycles. The first kappa shape index (κ1) is 21.0. The maximum atomic E-state index is 11.2. The molecule has 0 radical (unpaired) electrons. The molecule has 0 spiro atoms. The number of fused-ring (bicyclic) bond motifs is 6. The molecule has 0 saturated heterocycles. The summed E-state index contributed by atoms with van der Waals surface area (Å²) < 4.78 is 0. The summed E-state index contributed by atoms with van der Waals surface area (Å²) in [6, 6.07) is 0. The van der Waals surface area contributed by atoms with Gasteiger partial charge in [-0.15, -0.1) is 0 Å². The van der Waals surface area contributed by atoms with Gasteiger partial charge in [-0.25, -0.2) is 0 Å². The Balaban J connectivity index is 1.71. The highest BCUT2D eigenvalue weighted by Gasteiger charge is 2.64. The minimum atomic E-state index is -0.0461. The second-order valence-electron chi connectivity index (χ2n) is 12.0. The minimum Gasteiger partial charge on any atom is -0.393 e. The third-order valence-corrected chi connectivity index (χ3v) is 10.1. The Morgan fingerprint density at radius 2 is 1.71 bits per heavy atom. The summed E-state index contributed by atoms with van der Waals surface area (Å²) in [4.78, 5) is 0. The van der Waals surface area contributed by atoms with Crippen LogP contribution in [0.25, 0.3) is 0 Å². The molecule has 4 aliphatic rings. The molecule has 1 N–H and O–H groups in total. The van der Waals surface area contributed by atoms with Crippen LogP contribution >= 0.6 is 0 Å². The molecule has 28 heavy (non-hydrogen) atoms. The van der Waals surface area contributed by atoms with E-state index in [0.717, 1.165) is 30.1 Å². The average molecular weight is 387 g/mol. The Labute approximate surface area is 174 Å². The van der Waals surface area contributed by atoms with Gasteiger partial charge in [0.1, 0.15) is 0 Å². The van der Waals surface area contributed by atoms with Crippen LogP contribution in [0.15, 0.2) is 11.1 Å². The maximum Gasteiger partial charge on any atom is 0.0576 e. The topological polar surface area (TPSA) is 20.2 Å². The number of hydrogen-bond donors (Lipinski definition) is 1. The van der Waals surface area contributed by atoms with Gasteiger partial charge in [-0.1, -0.05) is 77.9 Å². The van der Waals surface area contributed by atoms with Crippen molar-refractivity contribution in [3.63, 3.8) is 0 Å². The predicted molar refractivity (Wildman–Crippen MR) is 119 cm³/mol. The van der Waals surface area contributed by atoms with Crippen molar-refractivity contribution in [2.75, 3.05) is 0 Å². The Morgan fingerprint density at radius 3 is 2.46 bits per heavy atom. The number of allylic oxidation sites excluding steroid dienone is 2. The Hall–Kier alpha value is -0.300. The lowest BCUT2D eigenvalue weighted by Gasteiger charge is -2.64. The summed E-state index contributed by atoms with van der Waals surface area (Å²) in [5, 5.41) is 11.2. The average Bonchev–Trinajstić information content (AvgIpc) is 3.01. The lowest BCUT2D eigenvalue weighted by molar-refractivity contribution is -0.145. The van der Waals surface area contributed by atoms with Crippen molar-refractivity contribution in [1.82, 2.24) is 0 Å². The van der Waals surface area contributed by atoms with E-state index in [0.29, 0.717) is 16.7 Å². The van der Waals surface area contributed by atoms with E-state index in [-0.39, 0.29) is 6.10 Å². The molecule has 0 unspecified atom stereocenters. The van der Waals surface area contributed by atoms with Gasteiger partial charge in [-0.05, 0) is 85.4 Å². The largest absolute Gasteiger partial charge is 0.393 e. The van der Waals surface area contributed by atoms with E-state index in [4.69, 9.17) is 0 Å². The summed E-state index contributed by atoms with van der Waals surface area (Å²) in [6.45, 7) is 12.5. The van der Waals surface area contributed by atoms with Crippen LogP contribution in [0.4, 0.5) is 0 Å². The smallest absolute Gasteiger partial charge is 0.0576 e. The van der Waals surface area contributed by atoms with Gasteiger partial charge in [0.2, 0.25) is 0 Å². The summed E-state index contributed by atoms with van der Waals surface area (Å²) in [5.41, 5.74) is 4.47. The third-order valence-electron chi connectivity index (χ3n) is 10.1. The third kappa shape index (κ3) is 3.14. The predicted octanol–water partition coefficient (Wildman–Crippen LogP) is 7.53. The zero-order valence-electron chi connectivity index (χ0n) is 19.4. The maximum absolute atomic E-state index is 11.2. The van der Waals surface area contributed by atoms with E-state index in [1.54, 1.807) is 0 Å². The minimum absolute atomic E-state index is 0.0461. The zero-order valence-corrected chi connectivity index (χ0v) is 19.4. The summed E-state index contributed by atoms with van der Waals surface area (Å²) >= 11 is 0. The lowest BCUT2D eigenvalue weighted by Crippen LogP contribution is -2.59. The monoisotopic (exact) mass is 386 g/mol. The summed E-state index contributed by atoms with van der Waals surface area (Å²) in [6.07, 6.45) is 16.0. The highest BCUT2D eigenvalue weighted by molar-refractivity contribution is 5.38. The number of aliphatic hydroxyl groups excluding tert-OH is 1. The number of aliphatic hydroxyl groups is 1. The quantitative estimate of drug-likeness (QED) is 0.484. The van der Waals surface area contributed by atoms with Crippen LogP contribution in [0.3, 0.4) is 0 Å². The van der Waals surface area contributed by atoms with Gasteiger partial charge < -0.3 is 5.11 Å². The first-order valence-electron chi connectivity index (χ1n) is 12.7. The molecule has 7 atom stereocenters. The van der Waals surface area contributed by atoms with Gasteiger partial charge in [0.25, 0.3) is 0 Å². The van der Waals surface area contributed by atoms with Crippen LogP contribution in [-0.2, 0) is 0 Å². The van der Waals surface area contributed by atoms with Crippen LogP contribution in [0.1, 0.15) is 112 Å². The molecule has 0 amide bonds. The fraction of sp³-hybridized carbons (Fsp3) is 0.926. The van der Waals surface area contributed by atoms with Crippen LogP contribution < -0.4 is 0 Å². The zero-order chi connectivity index (χ0) is 20.1. The lowest BCUT2D eigenvalue weighted by atomic mass is 9.40. The highest BCUT2D eigenvalue weighted by Crippen LogP contribution is 2.71. The molecule has 0 aliphatic heterocycles. The van der Waals surface area contributed by atoms with Gasteiger partial charge in [0.05, 0.1) is 6.10 Å². The molecule has 0 aromatic carbocycles. The fourth-order valence-electron chi connectivity index (χ4n) is 8.57. The number of rotatable bonds is 5. The van der Waals surface area contributed by atoms with Crippen molar-refractivity contribution in [2.24, 2.45) is 40.4 Å². The first-order valence-corrected chi connectivity index (χ1v) is 12.7. The molecule has 4 aliphatic carbocycles. The van der Waals surface area contributed by atoms with Gasteiger partial charge >= 0.3 is 0 Å². The van der Waals surface area contributed by atoms with E-state index in [1.165, 1.54) is 70.6 Å². The fourth-order valence-corrected chi connectivity index (χ4v) is 8.57. The molecule has 3 fully saturated rings. The van der Waals surface area contributed by atoms with E-state index in [9.17, 15) is 5.11 Å². The normalized spacial score (nSPS) is 44.2. The molecular weight excluding hydrogens is 340 g/mol. The van der Waals surface area contributed by atoms with Crippen LogP contribution in [-0.4, -0.2) is 11.2 Å². The molecular formula is C27H46O. The van der Waals surface area contributed by atoms with E-state index in [2.05, 4.69) is 34.6 Å². The van der Waals surface area contributed by atoms with Crippen molar-refractivity contribution >= 4 is 0 Å². The molecule has 0 bridgehead atoms. The molecule has 0 aromatic rings. The van der Waals surface area contributed by atoms with Crippen molar-refractivity contribution in [1.29, 1.82) is 0 Å². The molecule has 160 valence electrons. The molecule has 1 heteroatoms. The van der Waals surface area contributed by atoms with Crippen LogP contribution in [0, 0.1) is 40.4 Å². The second kappa shape index (κ2) is 7.75.